The van der Waals surface area contributed by atoms with E-state index in [0.717, 1.165) is 32.2 Å². The minimum absolute atomic E-state index is 0.0640. The first-order chi connectivity index (χ1) is 9.08. The maximum atomic E-state index is 10.5. The molecule has 2 rings (SSSR count). The van der Waals surface area contributed by atoms with Crippen LogP contribution in [0.25, 0.3) is 0 Å². The predicted octanol–water partition coefficient (Wildman–Crippen LogP) is 1.40. The molecule has 0 atom stereocenters. The molecular weight excluding hydrogens is 242 g/mol. The fourth-order valence-electron chi connectivity index (χ4n) is 3.71. The lowest BCUT2D eigenvalue weighted by molar-refractivity contribution is -0.0834. The molecule has 0 unspecified atom stereocenters. The van der Waals surface area contributed by atoms with E-state index in [0.29, 0.717) is 19.8 Å². The molecule has 0 radical (unpaired) electrons. The van der Waals surface area contributed by atoms with E-state index in [4.69, 9.17) is 4.74 Å². The van der Waals surface area contributed by atoms with E-state index in [-0.39, 0.29) is 12.0 Å². The third-order valence-corrected chi connectivity index (χ3v) is 4.84. The smallest absolute Gasteiger partial charge is 0.0817 e. The van der Waals surface area contributed by atoms with Crippen molar-refractivity contribution in [3.63, 3.8) is 0 Å². The Kier molecular flexibility index (Phi) is 5.23. The van der Waals surface area contributed by atoms with Crippen LogP contribution in [0.1, 0.15) is 44.9 Å². The fraction of sp³-hybridized carbons (Fsp3) is 1.00. The summed E-state index contributed by atoms with van der Waals surface area (Å²) >= 11 is 0. The zero-order valence-electron chi connectivity index (χ0n) is 12.2. The summed E-state index contributed by atoms with van der Waals surface area (Å²) in [5, 5.41) is 20.3. The summed E-state index contributed by atoms with van der Waals surface area (Å²) in [7, 11) is 2.07. The molecule has 2 aliphatic rings. The zero-order valence-corrected chi connectivity index (χ0v) is 12.2. The number of hydrogen-bond acceptors (Lipinski definition) is 4. The van der Waals surface area contributed by atoms with Crippen molar-refractivity contribution >= 4 is 0 Å². The molecule has 19 heavy (non-hydrogen) atoms. The van der Waals surface area contributed by atoms with Crippen molar-refractivity contribution in [2.45, 2.75) is 50.5 Å². The van der Waals surface area contributed by atoms with Gasteiger partial charge in [0, 0.05) is 51.2 Å². The number of ether oxygens (including phenoxy) is 1. The second-order valence-corrected chi connectivity index (χ2v) is 6.73. The summed E-state index contributed by atoms with van der Waals surface area (Å²) in [4.78, 5) is 2.22. The zero-order chi connectivity index (χ0) is 13.8. The average molecular weight is 271 g/mol. The minimum atomic E-state index is -0.599. The Bertz CT molecular complexity index is 271. The van der Waals surface area contributed by atoms with Crippen LogP contribution >= 0.6 is 0 Å². The Hall–Kier alpha value is -0.160. The number of nitrogens with zero attached hydrogens (tertiary/aromatic N) is 1. The van der Waals surface area contributed by atoms with Crippen molar-refractivity contribution in [3.8, 4) is 0 Å². The summed E-state index contributed by atoms with van der Waals surface area (Å²) in [6, 6.07) is 0. The van der Waals surface area contributed by atoms with Crippen molar-refractivity contribution < 1.29 is 14.9 Å². The Morgan fingerprint density at radius 1 is 1.00 bits per heavy atom. The quantitative estimate of drug-likeness (QED) is 0.794. The van der Waals surface area contributed by atoms with Gasteiger partial charge in [-0.05, 0) is 19.9 Å². The van der Waals surface area contributed by atoms with E-state index in [1.165, 1.54) is 19.3 Å². The largest absolute Gasteiger partial charge is 0.396 e. The first-order valence-corrected chi connectivity index (χ1v) is 7.67. The van der Waals surface area contributed by atoms with Crippen LogP contribution < -0.4 is 0 Å². The molecule has 4 heteroatoms. The Balaban J connectivity index is 1.86. The summed E-state index contributed by atoms with van der Waals surface area (Å²) in [5.74, 6) is 0. The van der Waals surface area contributed by atoms with Gasteiger partial charge in [-0.1, -0.05) is 19.3 Å². The monoisotopic (exact) mass is 271 g/mol. The van der Waals surface area contributed by atoms with Crippen LogP contribution in [-0.4, -0.2) is 60.7 Å². The lowest BCUT2D eigenvalue weighted by atomic mass is 9.74. The maximum absolute atomic E-state index is 10.5. The average Bonchev–Trinajstić information content (AvgIpc) is 2.39. The lowest BCUT2D eigenvalue weighted by Crippen LogP contribution is -2.49. The Labute approximate surface area is 116 Å². The second-order valence-electron chi connectivity index (χ2n) is 6.73. The standard InChI is InChI=1S/C15H29NO3/c1-16(12-15(18)7-9-19-10-8-15)11-14(13-17)5-3-2-4-6-14/h17-18H,2-13H2,1H3. The molecule has 1 saturated heterocycles. The van der Waals surface area contributed by atoms with E-state index in [1.54, 1.807) is 0 Å². The molecule has 2 fully saturated rings. The van der Waals surface area contributed by atoms with Crippen LogP contribution in [0.4, 0.5) is 0 Å². The number of rotatable bonds is 5. The van der Waals surface area contributed by atoms with Crippen LogP contribution in [0.15, 0.2) is 0 Å². The maximum Gasteiger partial charge on any atom is 0.0817 e. The van der Waals surface area contributed by atoms with E-state index >= 15 is 0 Å². The molecule has 1 heterocycles. The van der Waals surface area contributed by atoms with Crippen molar-refractivity contribution in [1.82, 2.24) is 4.90 Å². The van der Waals surface area contributed by atoms with E-state index in [1.807, 2.05) is 0 Å². The van der Waals surface area contributed by atoms with Crippen molar-refractivity contribution in [3.05, 3.63) is 0 Å². The molecule has 0 aromatic carbocycles. The van der Waals surface area contributed by atoms with Gasteiger partial charge in [0.2, 0.25) is 0 Å². The van der Waals surface area contributed by atoms with Gasteiger partial charge in [-0.15, -0.1) is 0 Å². The Morgan fingerprint density at radius 2 is 1.63 bits per heavy atom. The van der Waals surface area contributed by atoms with Crippen molar-refractivity contribution in [1.29, 1.82) is 0 Å². The number of aliphatic hydroxyl groups is 2. The van der Waals surface area contributed by atoms with Crippen LogP contribution in [0, 0.1) is 5.41 Å². The number of aliphatic hydroxyl groups excluding tert-OH is 1. The molecule has 1 aliphatic carbocycles. The van der Waals surface area contributed by atoms with Gasteiger partial charge in [0.25, 0.3) is 0 Å². The molecule has 2 N–H and O–H groups in total. The summed E-state index contributed by atoms with van der Waals surface area (Å²) in [6.45, 7) is 3.19. The highest BCUT2D eigenvalue weighted by molar-refractivity contribution is 4.89. The Morgan fingerprint density at radius 3 is 2.21 bits per heavy atom. The predicted molar refractivity (Wildman–Crippen MR) is 75.1 cm³/mol. The van der Waals surface area contributed by atoms with E-state index < -0.39 is 5.60 Å². The topological polar surface area (TPSA) is 52.9 Å². The van der Waals surface area contributed by atoms with Crippen LogP contribution in [0.2, 0.25) is 0 Å². The summed E-state index contributed by atoms with van der Waals surface area (Å²) in [6.07, 6.45) is 7.45. The molecule has 1 saturated carbocycles. The van der Waals surface area contributed by atoms with Gasteiger partial charge >= 0.3 is 0 Å². The number of likely N-dealkylation sites (N-methyl/N-ethyl adjacent to an activating group) is 1. The van der Waals surface area contributed by atoms with Crippen LogP contribution in [0.3, 0.4) is 0 Å². The normalized spacial score (nSPS) is 26.5. The van der Waals surface area contributed by atoms with Crippen molar-refractivity contribution in [2.24, 2.45) is 5.41 Å². The second kappa shape index (κ2) is 6.53. The van der Waals surface area contributed by atoms with E-state index in [9.17, 15) is 10.2 Å². The van der Waals surface area contributed by atoms with Gasteiger partial charge in [0.1, 0.15) is 0 Å². The molecule has 1 aliphatic heterocycles. The molecule has 4 nitrogen and oxygen atoms in total. The molecule has 0 aromatic heterocycles. The fourth-order valence-corrected chi connectivity index (χ4v) is 3.71. The minimum Gasteiger partial charge on any atom is -0.396 e. The third-order valence-electron chi connectivity index (χ3n) is 4.84. The van der Waals surface area contributed by atoms with Gasteiger partial charge in [-0.25, -0.2) is 0 Å². The molecule has 112 valence electrons. The molecule has 0 amide bonds. The highest BCUT2D eigenvalue weighted by Crippen LogP contribution is 2.36. The first kappa shape index (κ1) is 15.2. The van der Waals surface area contributed by atoms with Gasteiger partial charge in [-0.3, -0.25) is 0 Å². The van der Waals surface area contributed by atoms with Gasteiger partial charge in [-0.2, -0.15) is 0 Å². The van der Waals surface area contributed by atoms with Gasteiger partial charge in [0.05, 0.1) is 5.60 Å². The molecule has 0 spiro atoms. The third kappa shape index (κ3) is 4.15. The first-order valence-electron chi connectivity index (χ1n) is 7.67. The highest BCUT2D eigenvalue weighted by Gasteiger charge is 2.36. The summed E-state index contributed by atoms with van der Waals surface area (Å²) in [5.41, 5.74) is -0.535. The van der Waals surface area contributed by atoms with Gasteiger partial charge in [0.15, 0.2) is 0 Å². The SMILES string of the molecule is CN(CC1(O)CCOCC1)CC1(CO)CCCCC1. The highest BCUT2D eigenvalue weighted by atomic mass is 16.5. The van der Waals surface area contributed by atoms with E-state index in [2.05, 4.69) is 11.9 Å². The van der Waals surface area contributed by atoms with Gasteiger partial charge < -0.3 is 19.8 Å². The molecular formula is C15H29NO3. The summed E-state index contributed by atoms with van der Waals surface area (Å²) < 4.78 is 5.32. The molecule has 0 bridgehead atoms. The number of hydrogen-bond donors (Lipinski definition) is 2. The van der Waals surface area contributed by atoms with Crippen LogP contribution in [0.5, 0.6) is 0 Å². The lowest BCUT2D eigenvalue weighted by Gasteiger charge is -2.42. The van der Waals surface area contributed by atoms with Crippen molar-refractivity contribution in [2.75, 3.05) is 40.0 Å². The molecule has 0 aromatic rings. The van der Waals surface area contributed by atoms with Crippen LogP contribution in [-0.2, 0) is 4.74 Å².